The first-order valence-electron chi connectivity index (χ1n) is 9.10. The number of thiazole rings is 1. The summed E-state index contributed by atoms with van der Waals surface area (Å²) in [5, 5.41) is 2.88. The van der Waals surface area contributed by atoms with Gasteiger partial charge in [0.05, 0.1) is 10.2 Å². The summed E-state index contributed by atoms with van der Waals surface area (Å²) in [6.45, 7) is 8.49. The second kappa shape index (κ2) is 7.96. The predicted molar refractivity (Wildman–Crippen MR) is 111 cm³/mol. The molecule has 5 nitrogen and oxygen atoms in total. The van der Waals surface area contributed by atoms with E-state index in [0.717, 1.165) is 21.5 Å². The van der Waals surface area contributed by atoms with Crippen molar-refractivity contribution in [3.05, 3.63) is 57.7 Å². The monoisotopic (exact) mass is 384 g/mol. The largest absolute Gasteiger partial charge is 0.481 e. The Morgan fingerprint density at radius 2 is 1.93 bits per heavy atom. The van der Waals surface area contributed by atoms with Gasteiger partial charge >= 0.3 is 4.87 Å². The summed E-state index contributed by atoms with van der Waals surface area (Å²) < 4.78 is 8.49. The van der Waals surface area contributed by atoms with Crippen LogP contribution >= 0.6 is 11.3 Å². The molecule has 0 aliphatic rings. The van der Waals surface area contributed by atoms with Crippen LogP contribution in [0.15, 0.2) is 47.3 Å². The highest BCUT2D eigenvalue weighted by Gasteiger charge is 2.18. The molecule has 0 fully saturated rings. The van der Waals surface area contributed by atoms with Crippen LogP contribution in [0.25, 0.3) is 10.2 Å². The molecule has 3 rings (SSSR count). The predicted octanol–water partition coefficient (Wildman–Crippen LogP) is 4.61. The summed E-state index contributed by atoms with van der Waals surface area (Å²) >= 11 is 1.19. The number of benzene rings is 2. The van der Waals surface area contributed by atoms with Gasteiger partial charge in [-0.05, 0) is 49.6 Å². The number of hydrogen-bond acceptors (Lipinski definition) is 4. The zero-order chi connectivity index (χ0) is 19.6. The maximum Gasteiger partial charge on any atom is 0.308 e. The lowest BCUT2D eigenvalue weighted by atomic mass is 10.0. The van der Waals surface area contributed by atoms with E-state index in [-0.39, 0.29) is 10.8 Å². The van der Waals surface area contributed by atoms with Crippen LogP contribution in [0.2, 0.25) is 0 Å². The number of aryl methyl sites for hydroxylation is 1. The van der Waals surface area contributed by atoms with Crippen molar-refractivity contribution in [1.82, 2.24) is 4.57 Å². The number of ether oxygens (including phenoxy) is 1. The highest BCUT2D eigenvalue weighted by atomic mass is 32.1. The highest BCUT2D eigenvalue weighted by molar-refractivity contribution is 7.16. The minimum Gasteiger partial charge on any atom is -0.481 e. The molecule has 142 valence electrons. The third kappa shape index (κ3) is 4.06. The number of amides is 1. The number of nitrogens with one attached hydrogen (secondary N) is 1. The van der Waals surface area contributed by atoms with Crippen LogP contribution in [0, 0.1) is 0 Å². The van der Waals surface area contributed by atoms with E-state index in [9.17, 15) is 9.59 Å². The molecule has 1 amide bonds. The molecule has 6 heteroatoms. The van der Waals surface area contributed by atoms with E-state index in [1.54, 1.807) is 11.5 Å². The topological polar surface area (TPSA) is 60.3 Å². The molecule has 0 saturated carbocycles. The fourth-order valence-corrected chi connectivity index (χ4v) is 3.99. The van der Waals surface area contributed by atoms with E-state index in [1.165, 1.54) is 11.3 Å². The molecule has 2 aromatic carbocycles. The van der Waals surface area contributed by atoms with Crippen LogP contribution in [0.3, 0.4) is 0 Å². The Labute approximate surface area is 162 Å². The SMILES string of the molecule is CCn1c(=O)sc2cc(NC(=O)[C@H](C)Oc3ccccc3C(C)C)ccc21. The van der Waals surface area contributed by atoms with Crippen molar-refractivity contribution in [2.24, 2.45) is 0 Å². The van der Waals surface area contributed by atoms with Crippen molar-refractivity contribution in [3.8, 4) is 5.75 Å². The van der Waals surface area contributed by atoms with E-state index >= 15 is 0 Å². The normalized spacial score (nSPS) is 12.3. The Hall–Kier alpha value is -2.60. The highest BCUT2D eigenvalue weighted by Crippen LogP contribution is 2.27. The first-order valence-corrected chi connectivity index (χ1v) is 9.92. The molecular weight excluding hydrogens is 360 g/mol. The van der Waals surface area contributed by atoms with Gasteiger partial charge in [0.2, 0.25) is 0 Å². The van der Waals surface area contributed by atoms with Crippen LogP contribution in [-0.4, -0.2) is 16.6 Å². The molecule has 0 aliphatic heterocycles. The summed E-state index contributed by atoms with van der Waals surface area (Å²) in [4.78, 5) is 24.6. The molecule has 1 heterocycles. The van der Waals surface area contributed by atoms with Gasteiger partial charge in [0.15, 0.2) is 6.10 Å². The first-order chi connectivity index (χ1) is 12.9. The van der Waals surface area contributed by atoms with Gasteiger partial charge in [-0.2, -0.15) is 0 Å². The first kappa shape index (κ1) is 19.2. The maximum absolute atomic E-state index is 12.6. The van der Waals surface area contributed by atoms with E-state index in [1.807, 2.05) is 49.4 Å². The molecule has 3 aromatic rings. The Morgan fingerprint density at radius 1 is 1.19 bits per heavy atom. The Balaban J connectivity index is 1.75. The Morgan fingerprint density at radius 3 is 2.63 bits per heavy atom. The van der Waals surface area contributed by atoms with Gasteiger partial charge in [-0.25, -0.2) is 0 Å². The number of carbonyl (C=O) groups is 1. The second-order valence-corrected chi connectivity index (χ2v) is 7.73. The van der Waals surface area contributed by atoms with Crippen molar-refractivity contribution < 1.29 is 9.53 Å². The van der Waals surface area contributed by atoms with Crippen molar-refractivity contribution in [3.63, 3.8) is 0 Å². The smallest absolute Gasteiger partial charge is 0.308 e. The van der Waals surface area contributed by atoms with Gasteiger partial charge in [-0.1, -0.05) is 43.4 Å². The lowest BCUT2D eigenvalue weighted by molar-refractivity contribution is -0.122. The Kier molecular flexibility index (Phi) is 5.65. The van der Waals surface area contributed by atoms with Crippen molar-refractivity contribution in [2.45, 2.75) is 46.3 Å². The van der Waals surface area contributed by atoms with Crippen LogP contribution in [0.4, 0.5) is 5.69 Å². The lowest BCUT2D eigenvalue weighted by Crippen LogP contribution is -2.30. The standard InChI is InChI=1S/C21H24N2O3S/c1-5-23-17-11-10-15(12-19(17)27-21(23)25)22-20(24)14(4)26-18-9-7-6-8-16(18)13(2)3/h6-14H,5H2,1-4H3,(H,22,24)/t14-/m0/s1. The van der Waals surface area contributed by atoms with Crippen LogP contribution < -0.4 is 14.9 Å². The van der Waals surface area contributed by atoms with Gasteiger partial charge < -0.3 is 10.1 Å². The van der Waals surface area contributed by atoms with Gasteiger partial charge in [-0.3, -0.25) is 14.2 Å². The number of nitrogens with zero attached hydrogens (tertiary/aromatic N) is 1. The molecule has 1 aromatic heterocycles. The molecule has 1 atom stereocenters. The molecule has 0 radical (unpaired) electrons. The van der Waals surface area contributed by atoms with E-state index in [4.69, 9.17) is 4.74 Å². The third-order valence-electron chi connectivity index (χ3n) is 4.47. The van der Waals surface area contributed by atoms with Gasteiger partial charge in [0.1, 0.15) is 5.75 Å². The lowest BCUT2D eigenvalue weighted by Gasteiger charge is -2.18. The number of fused-ring (bicyclic) bond motifs is 1. The number of aromatic nitrogens is 1. The number of carbonyl (C=O) groups excluding carboxylic acids is 1. The number of hydrogen-bond donors (Lipinski definition) is 1. The van der Waals surface area contributed by atoms with Crippen LogP contribution in [0.5, 0.6) is 5.75 Å². The zero-order valence-corrected chi connectivity index (χ0v) is 16.8. The molecule has 0 bridgehead atoms. The molecular formula is C21H24N2O3S. The average Bonchev–Trinajstić information content (AvgIpc) is 2.96. The van der Waals surface area contributed by atoms with E-state index < -0.39 is 6.10 Å². The van der Waals surface area contributed by atoms with E-state index in [0.29, 0.717) is 18.2 Å². The Bertz CT molecular complexity index is 1020. The molecule has 1 N–H and O–H groups in total. The average molecular weight is 385 g/mol. The summed E-state index contributed by atoms with van der Waals surface area (Å²) in [5.41, 5.74) is 2.62. The molecule has 27 heavy (non-hydrogen) atoms. The summed E-state index contributed by atoms with van der Waals surface area (Å²) in [6.07, 6.45) is -0.639. The maximum atomic E-state index is 12.6. The van der Waals surface area contributed by atoms with Crippen molar-refractivity contribution in [2.75, 3.05) is 5.32 Å². The van der Waals surface area contributed by atoms with Crippen molar-refractivity contribution >= 4 is 33.1 Å². The zero-order valence-electron chi connectivity index (χ0n) is 16.0. The quantitative estimate of drug-likeness (QED) is 0.675. The summed E-state index contributed by atoms with van der Waals surface area (Å²) in [6, 6.07) is 13.3. The second-order valence-electron chi connectivity index (χ2n) is 6.74. The third-order valence-corrected chi connectivity index (χ3v) is 5.41. The summed E-state index contributed by atoms with van der Waals surface area (Å²) in [5.74, 6) is 0.809. The van der Waals surface area contributed by atoms with Gasteiger partial charge in [-0.15, -0.1) is 0 Å². The van der Waals surface area contributed by atoms with Gasteiger partial charge in [0, 0.05) is 12.2 Å². The number of para-hydroxylation sites is 1. The minimum absolute atomic E-state index is 0.0120. The van der Waals surface area contributed by atoms with E-state index in [2.05, 4.69) is 19.2 Å². The van der Waals surface area contributed by atoms with Crippen LogP contribution in [-0.2, 0) is 11.3 Å². The fourth-order valence-electron chi connectivity index (χ4n) is 3.00. The molecule has 0 aliphatic carbocycles. The molecule has 0 spiro atoms. The fraction of sp³-hybridized carbons (Fsp3) is 0.333. The van der Waals surface area contributed by atoms with Crippen molar-refractivity contribution in [1.29, 1.82) is 0 Å². The minimum atomic E-state index is -0.639. The number of anilines is 1. The van der Waals surface area contributed by atoms with Gasteiger partial charge in [0.25, 0.3) is 5.91 Å². The number of rotatable bonds is 6. The summed E-state index contributed by atoms with van der Waals surface area (Å²) in [7, 11) is 0. The van der Waals surface area contributed by atoms with Crippen LogP contribution in [0.1, 0.15) is 39.2 Å². The molecule has 0 unspecified atom stereocenters. The molecule has 0 saturated heterocycles.